The number of rotatable bonds is 3. The number of halogens is 1. The van der Waals surface area contributed by atoms with Gasteiger partial charge in [0, 0.05) is 35.5 Å². The summed E-state index contributed by atoms with van der Waals surface area (Å²) < 4.78 is 28.9. The smallest absolute Gasteiger partial charge is 0.258 e. The summed E-state index contributed by atoms with van der Waals surface area (Å²) in [5, 5.41) is 4.61. The van der Waals surface area contributed by atoms with E-state index in [1.807, 2.05) is 6.92 Å². The van der Waals surface area contributed by atoms with Gasteiger partial charge >= 0.3 is 0 Å². The highest BCUT2D eigenvalue weighted by Gasteiger charge is 2.32. The Morgan fingerprint density at radius 2 is 2.00 bits per heavy atom. The van der Waals surface area contributed by atoms with E-state index in [2.05, 4.69) is 10.0 Å². The van der Waals surface area contributed by atoms with Gasteiger partial charge in [-0.2, -0.15) is 0 Å². The zero-order valence-electron chi connectivity index (χ0n) is 14.7. The molecule has 2 unspecified atom stereocenters. The van der Waals surface area contributed by atoms with Crippen LogP contribution in [-0.4, -0.2) is 40.0 Å². The van der Waals surface area contributed by atoms with Gasteiger partial charge in [0.15, 0.2) is 0 Å². The molecular weight excluding hydrogens is 374 g/mol. The molecule has 0 aromatic heterocycles. The first-order valence-corrected chi connectivity index (χ1v) is 9.98. The number of hydrogen-bond donors (Lipinski definition) is 2. The zero-order chi connectivity index (χ0) is 17.8. The fourth-order valence-electron chi connectivity index (χ4n) is 3.81. The van der Waals surface area contributed by atoms with Crippen molar-refractivity contribution in [3.05, 3.63) is 35.9 Å². The van der Waals surface area contributed by atoms with E-state index in [0.29, 0.717) is 16.3 Å². The maximum atomic E-state index is 13.0. The number of nitrogens with zero attached hydrogens (tertiary/aromatic N) is 1. The van der Waals surface area contributed by atoms with Crippen LogP contribution in [0.1, 0.15) is 30.1 Å². The molecule has 1 fully saturated rings. The molecule has 1 saturated heterocycles. The van der Waals surface area contributed by atoms with Gasteiger partial charge in [-0.15, -0.1) is 12.4 Å². The lowest BCUT2D eigenvalue weighted by Crippen LogP contribution is -2.51. The molecule has 0 spiro atoms. The van der Waals surface area contributed by atoms with E-state index >= 15 is 0 Å². The molecule has 4 rings (SSSR count). The second kappa shape index (κ2) is 6.81. The Labute approximate surface area is 159 Å². The Kier molecular flexibility index (Phi) is 5.00. The summed E-state index contributed by atoms with van der Waals surface area (Å²) in [6.07, 6.45) is 1.76. The molecule has 0 saturated carbocycles. The van der Waals surface area contributed by atoms with Crippen LogP contribution in [0.5, 0.6) is 0 Å². The van der Waals surface area contributed by atoms with Gasteiger partial charge in [-0.1, -0.05) is 12.1 Å². The minimum absolute atomic E-state index is 0. The van der Waals surface area contributed by atoms with E-state index in [4.69, 9.17) is 0 Å². The molecular formula is C18H22ClN3O3S. The lowest BCUT2D eigenvalue weighted by atomic mass is 10.0. The van der Waals surface area contributed by atoms with Gasteiger partial charge in [0.1, 0.15) is 0 Å². The molecule has 8 heteroatoms. The minimum atomic E-state index is -3.68. The van der Waals surface area contributed by atoms with Gasteiger partial charge in [0.2, 0.25) is 10.0 Å². The van der Waals surface area contributed by atoms with Gasteiger partial charge in [0.05, 0.1) is 10.6 Å². The number of benzene rings is 2. The van der Waals surface area contributed by atoms with Crippen molar-refractivity contribution in [2.45, 2.75) is 36.7 Å². The lowest BCUT2D eigenvalue weighted by molar-refractivity contribution is 0.0999. The first kappa shape index (κ1) is 19.1. The number of piperidine rings is 1. The number of hydrogen-bond acceptors (Lipinski definition) is 4. The summed E-state index contributed by atoms with van der Waals surface area (Å²) in [4.78, 5) is 14.1. The van der Waals surface area contributed by atoms with Crippen LogP contribution in [-0.2, 0) is 10.0 Å². The van der Waals surface area contributed by atoms with Crippen LogP contribution in [0.15, 0.2) is 35.2 Å². The predicted octanol–water partition coefficient (Wildman–Crippen LogP) is 2.27. The Morgan fingerprint density at radius 1 is 1.23 bits per heavy atom. The Balaban J connectivity index is 0.00000196. The Bertz CT molecular complexity index is 977. The molecule has 140 valence electrons. The quantitative estimate of drug-likeness (QED) is 0.835. The third-order valence-electron chi connectivity index (χ3n) is 5.23. The number of nitrogens with one attached hydrogen (secondary N) is 2. The second-order valence-electron chi connectivity index (χ2n) is 6.79. The summed E-state index contributed by atoms with van der Waals surface area (Å²) in [7, 11) is -1.97. The van der Waals surface area contributed by atoms with Crippen LogP contribution < -0.4 is 14.9 Å². The SMILES string of the molecule is CC1NCCCC1NS(=O)(=O)c1ccc2c3c(cccc13)C(=O)N2C.Cl. The van der Waals surface area contributed by atoms with Gasteiger partial charge in [0.25, 0.3) is 5.91 Å². The van der Waals surface area contributed by atoms with Crippen LogP contribution >= 0.6 is 12.4 Å². The van der Waals surface area contributed by atoms with Gasteiger partial charge < -0.3 is 10.2 Å². The summed E-state index contributed by atoms with van der Waals surface area (Å²) in [6, 6.07) is 8.52. The highest BCUT2D eigenvalue weighted by Crippen LogP contribution is 2.39. The molecule has 0 aliphatic carbocycles. The summed E-state index contributed by atoms with van der Waals surface area (Å²) >= 11 is 0. The van der Waals surface area contributed by atoms with Crippen molar-refractivity contribution in [1.29, 1.82) is 0 Å². The number of carbonyl (C=O) groups excluding carboxylic acids is 1. The number of anilines is 1. The van der Waals surface area contributed by atoms with Gasteiger partial charge in [-0.25, -0.2) is 13.1 Å². The topological polar surface area (TPSA) is 78.5 Å². The first-order valence-electron chi connectivity index (χ1n) is 8.49. The second-order valence-corrected chi connectivity index (χ2v) is 8.47. The average Bonchev–Trinajstić information content (AvgIpc) is 2.84. The van der Waals surface area contributed by atoms with Crippen molar-refractivity contribution >= 4 is 44.8 Å². The molecule has 2 aromatic carbocycles. The maximum absolute atomic E-state index is 13.0. The van der Waals surface area contributed by atoms with Crippen LogP contribution in [0.2, 0.25) is 0 Å². The van der Waals surface area contributed by atoms with E-state index in [0.717, 1.165) is 25.1 Å². The minimum Gasteiger partial charge on any atom is -0.313 e. The van der Waals surface area contributed by atoms with Crippen LogP contribution in [0.25, 0.3) is 10.8 Å². The number of carbonyl (C=O) groups is 1. The van der Waals surface area contributed by atoms with Crippen molar-refractivity contribution in [1.82, 2.24) is 10.0 Å². The molecule has 2 aliphatic heterocycles. The largest absolute Gasteiger partial charge is 0.313 e. The third-order valence-corrected chi connectivity index (χ3v) is 6.78. The fourth-order valence-corrected chi connectivity index (χ4v) is 5.37. The highest BCUT2D eigenvalue weighted by molar-refractivity contribution is 7.89. The maximum Gasteiger partial charge on any atom is 0.258 e. The first-order chi connectivity index (χ1) is 11.9. The zero-order valence-corrected chi connectivity index (χ0v) is 16.3. The Morgan fingerprint density at radius 3 is 2.73 bits per heavy atom. The molecule has 2 heterocycles. The van der Waals surface area contributed by atoms with Gasteiger partial charge in [-0.3, -0.25) is 4.79 Å². The summed E-state index contributed by atoms with van der Waals surface area (Å²) in [6.45, 7) is 2.91. The van der Waals surface area contributed by atoms with E-state index < -0.39 is 10.0 Å². The number of amides is 1. The van der Waals surface area contributed by atoms with Crippen molar-refractivity contribution in [2.75, 3.05) is 18.5 Å². The lowest BCUT2D eigenvalue weighted by Gasteiger charge is -2.30. The van der Waals surface area contributed by atoms with Gasteiger partial charge in [-0.05, 0) is 44.5 Å². The molecule has 1 amide bonds. The van der Waals surface area contributed by atoms with E-state index in [-0.39, 0.29) is 35.3 Å². The van der Waals surface area contributed by atoms with E-state index in [1.54, 1.807) is 42.3 Å². The van der Waals surface area contributed by atoms with Crippen molar-refractivity contribution < 1.29 is 13.2 Å². The van der Waals surface area contributed by atoms with Crippen molar-refractivity contribution in [3.8, 4) is 0 Å². The normalized spacial score (nSPS) is 22.5. The number of sulfonamides is 1. The Hall–Kier alpha value is -1.67. The molecule has 2 atom stereocenters. The molecule has 0 radical (unpaired) electrons. The molecule has 0 bridgehead atoms. The molecule has 26 heavy (non-hydrogen) atoms. The standard InChI is InChI=1S/C18H21N3O3S.ClH/c1-11-14(7-4-10-19-11)20-25(23,24)16-9-8-15-17-12(16)5-3-6-13(17)18(22)21(15)2;/h3,5-6,8-9,11,14,19-20H,4,7,10H2,1-2H3;1H. The molecule has 2 aliphatic rings. The molecule has 6 nitrogen and oxygen atoms in total. The van der Waals surface area contributed by atoms with E-state index in [1.165, 1.54) is 0 Å². The fraction of sp³-hybridized carbons (Fsp3) is 0.389. The predicted molar refractivity (Wildman–Crippen MR) is 105 cm³/mol. The van der Waals surface area contributed by atoms with E-state index in [9.17, 15) is 13.2 Å². The van der Waals surface area contributed by atoms with Crippen molar-refractivity contribution in [3.63, 3.8) is 0 Å². The monoisotopic (exact) mass is 395 g/mol. The molecule has 2 aromatic rings. The third kappa shape index (κ3) is 2.89. The van der Waals surface area contributed by atoms with Crippen LogP contribution in [0.4, 0.5) is 5.69 Å². The summed E-state index contributed by atoms with van der Waals surface area (Å²) in [5.74, 6) is -0.104. The highest BCUT2D eigenvalue weighted by atomic mass is 35.5. The van der Waals surface area contributed by atoms with Crippen molar-refractivity contribution in [2.24, 2.45) is 0 Å². The molecule has 2 N–H and O–H groups in total. The van der Waals surface area contributed by atoms with Crippen LogP contribution in [0.3, 0.4) is 0 Å². The summed E-state index contributed by atoms with van der Waals surface area (Å²) in [5.41, 5.74) is 1.31. The van der Waals surface area contributed by atoms with Crippen LogP contribution in [0, 0.1) is 0 Å². The average molecular weight is 396 g/mol.